The van der Waals surface area contributed by atoms with Gasteiger partial charge in [0.2, 0.25) is 0 Å². The van der Waals surface area contributed by atoms with Crippen molar-refractivity contribution in [3.63, 3.8) is 0 Å². The summed E-state index contributed by atoms with van der Waals surface area (Å²) >= 11 is 0. The van der Waals surface area contributed by atoms with Crippen molar-refractivity contribution in [2.45, 2.75) is 52.9 Å². The Kier molecular flexibility index (Phi) is 7.67. The Bertz CT molecular complexity index is 623. The Balaban J connectivity index is 2.89. The van der Waals surface area contributed by atoms with Crippen molar-refractivity contribution in [3.8, 4) is 0 Å². The summed E-state index contributed by atoms with van der Waals surface area (Å²) in [5.74, 6) is 0.0884. The van der Waals surface area contributed by atoms with E-state index >= 15 is 0 Å². The highest BCUT2D eigenvalue weighted by molar-refractivity contribution is 5.55. The van der Waals surface area contributed by atoms with Gasteiger partial charge >= 0.3 is 0 Å². The van der Waals surface area contributed by atoms with E-state index in [9.17, 15) is 4.39 Å². The van der Waals surface area contributed by atoms with E-state index in [1.807, 2.05) is 32.9 Å². The maximum atomic E-state index is 13.6. The molecule has 0 aliphatic carbocycles. The molecule has 0 amide bonds. The van der Waals surface area contributed by atoms with Gasteiger partial charge in [-0.1, -0.05) is 24.3 Å². The Hall–Kier alpha value is -1.96. The quantitative estimate of drug-likeness (QED) is 0.294. The van der Waals surface area contributed by atoms with Crippen LogP contribution in [0.2, 0.25) is 0 Å². The Morgan fingerprint density at radius 3 is 2.65 bits per heavy atom. The molecule has 0 spiro atoms. The molecule has 1 aromatic rings. The maximum Gasteiger partial charge on any atom is 0.123 e. The minimum absolute atomic E-state index is 0.178. The van der Waals surface area contributed by atoms with Gasteiger partial charge in [0.05, 0.1) is 0 Å². The van der Waals surface area contributed by atoms with Crippen molar-refractivity contribution in [1.82, 2.24) is 0 Å². The average molecular weight is 313 g/mol. The van der Waals surface area contributed by atoms with Gasteiger partial charge in [0.1, 0.15) is 5.82 Å². The number of allylic oxidation sites excluding steroid dienone is 4. The van der Waals surface area contributed by atoms with Crippen LogP contribution in [0.3, 0.4) is 0 Å². The lowest BCUT2D eigenvalue weighted by Crippen LogP contribution is -2.02. The topological polar surface area (TPSA) is 12.4 Å². The molecule has 0 N–H and O–H groups in total. The van der Waals surface area contributed by atoms with E-state index in [1.165, 1.54) is 6.07 Å². The lowest BCUT2D eigenvalue weighted by atomic mass is 9.86. The summed E-state index contributed by atoms with van der Waals surface area (Å²) in [4.78, 5) is 4.32. The summed E-state index contributed by atoms with van der Waals surface area (Å²) in [6.45, 7) is 16.0. The number of halogens is 1. The van der Waals surface area contributed by atoms with Crippen molar-refractivity contribution >= 4 is 6.21 Å². The number of nitrogens with zero attached hydrogens (tertiary/aromatic N) is 1. The van der Waals surface area contributed by atoms with Crippen LogP contribution >= 0.6 is 0 Å². The average Bonchev–Trinajstić information content (AvgIpc) is 2.53. The molecule has 0 aromatic heterocycles. The first-order chi connectivity index (χ1) is 10.9. The zero-order chi connectivity index (χ0) is 17.4. The lowest BCUT2D eigenvalue weighted by Gasteiger charge is -2.19. The molecule has 124 valence electrons. The van der Waals surface area contributed by atoms with Crippen LogP contribution in [0.4, 0.5) is 4.39 Å². The first-order valence-electron chi connectivity index (χ1n) is 8.11. The predicted octanol–water partition coefficient (Wildman–Crippen LogP) is 6.51. The molecule has 0 saturated carbocycles. The number of benzene rings is 1. The number of hydrogen-bond acceptors (Lipinski definition) is 1. The molecular weight excluding hydrogens is 285 g/mol. The van der Waals surface area contributed by atoms with Crippen molar-refractivity contribution < 1.29 is 4.39 Å². The zero-order valence-electron chi connectivity index (χ0n) is 14.8. The summed E-state index contributed by atoms with van der Waals surface area (Å²) in [6, 6.07) is 5.02. The van der Waals surface area contributed by atoms with E-state index in [1.54, 1.807) is 12.3 Å². The van der Waals surface area contributed by atoms with Gasteiger partial charge in [-0.3, -0.25) is 4.99 Å². The van der Waals surface area contributed by atoms with Gasteiger partial charge in [-0.15, -0.1) is 6.58 Å². The number of aliphatic imine (C=N–C) groups is 1. The summed E-state index contributed by atoms with van der Waals surface area (Å²) in [5, 5.41) is 0. The molecule has 0 saturated heterocycles. The summed E-state index contributed by atoms with van der Waals surface area (Å²) in [6.07, 6.45) is 6.34. The number of rotatable bonds is 8. The monoisotopic (exact) mass is 313 g/mol. The first-order valence-corrected chi connectivity index (χ1v) is 8.11. The summed E-state index contributed by atoms with van der Waals surface area (Å²) in [5.41, 5.74) is 5.43. The lowest BCUT2D eigenvalue weighted by molar-refractivity contribution is 0.600. The van der Waals surface area contributed by atoms with Crippen LogP contribution in [0.25, 0.3) is 0 Å². The molecule has 0 bridgehead atoms. The highest BCUT2D eigenvalue weighted by atomic mass is 19.1. The fourth-order valence-corrected chi connectivity index (χ4v) is 2.73. The number of aryl methyl sites for hydroxylation is 1. The van der Waals surface area contributed by atoms with Crippen LogP contribution in [-0.4, -0.2) is 6.21 Å². The smallest absolute Gasteiger partial charge is 0.123 e. The third-order valence-electron chi connectivity index (χ3n) is 4.32. The molecule has 1 atom stereocenters. The molecule has 0 aliphatic rings. The van der Waals surface area contributed by atoms with Crippen LogP contribution < -0.4 is 0 Å². The second-order valence-corrected chi connectivity index (χ2v) is 5.96. The minimum Gasteiger partial charge on any atom is -0.266 e. The highest BCUT2D eigenvalue weighted by Gasteiger charge is 2.14. The minimum atomic E-state index is -0.178. The van der Waals surface area contributed by atoms with Crippen LogP contribution in [0.15, 0.2) is 59.3 Å². The van der Waals surface area contributed by atoms with Gasteiger partial charge in [0.25, 0.3) is 0 Å². The van der Waals surface area contributed by atoms with E-state index in [4.69, 9.17) is 0 Å². The molecule has 2 heteroatoms. The molecule has 1 nitrogen and oxygen atoms in total. The Labute approximate surface area is 140 Å². The van der Waals surface area contributed by atoms with Gasteiger partial charge in [0, 0.05) is 11.9 Å². The van der Waals surface area contributed by atoms with Crippen LogP contribution in [0.5, 0.6) is 0 Å². The maximum absolute atomic E-state index is 13.6. The van der Waals surface area contributed by atoms with E-state index in [0.29, 0.717) is 0 Å². The fraction of sp³-hybridized carbons (Fsp3) is 0.381. The molecule has 23 heavy (non-hydrogen) atoms. The zero-order valence-corrected chi connectivity index (χ0v) is 14.8. The van der Waals surface area contributed by atoms with E-state index in [-0.39, 0.29) is 11.7 Å². The predicted molar refractivity (Wildman–Crippen MR) is 99.6 cm³/mol. The largest absolute Gasteiger partial charge is 0.266 e. The van der Waals surface area contributed by atoms with Gasteiger partial charge < -0.3 is 0 Å². The second kappa shape index (κ2) is 9.24. The van der Waals surface area contributed by atoms with Crippen molar-refractivity contribution in [2.24, 2.45) is 4.99 Å². The molecule has 0 fully saturated rings. The van der Waals surface area contributed by atoms with Crippen LogP contribution in [0.1, 0.15) is 57.1 Å². The van der Waals surface area contributed by atoms with Gasteiger partial charge in [-0.25, -0.2) is 4.39 Å². The molecule has 1 rings (SSSR count). The van der Waals surface area contributed by atoms with Crippen molar-refractivity contribution in [3.05, 3.63) is 71.2 Å². The van der Waals surface area contributed by atoms with E-state index < -0.39 is 0 Å². The normalized spacial score (nSPS) is 13.8. The molecule has 1 unspecified atom stereocenters. The van der Waals surface area contributed by atoms with Crippen LogP contribution in [0, 0.1) is 12.7 Å². The molecule has 0 heterocycles. The molecule has 0 aliphatic heterocycles. The van der Waals surface area contributed by atoms with E-state index in [2.05, 4.69) is 25.1 Å². The third kappa shape index (κ3) is 5.63. The summed E-state index contributed by atoms with van der Waals surface area (Å²) < 4.78 is 13.6. The fourth-order valence-electron chi connectivity index (χ4n) is 2.73. The van der Waals surface area contributed by atoms with Crippen molar-refractivity contribution in [1.29, 1.82) is 0 Å². The van der Waals surface area contributed by atoms with Gasteiger partial charge in [-0.2, -0.15) is 0 Å². The third-order valence-corrected chi connectivity index (χ3v) is 4.32. The molecule has 0 radical (unpaired) electrons. The summed E-state index contributed by atoms with van der Waals surface area (Å²) in [7, 11) is 0. The first kappa shape index (κ1) is 19.1. The standard InChI is InChI=1S/C21H28FN/c1-7-9-19(21-14-20(22)13-11-16(21)4)12-10-15(3)17(5)18(6)23-8-2/h7-8,11,13-14,19H,1,3,9-10,12H2,2,4-6H3/b18-17-,23-8?. The van der Waals surface area contributed by atoms with Crippen molar-refractivity contribution in [2.75, 3.05) is 0 Å². The Morgan fingerprint density at radius 1 is 1.35 bits per heavy atom. The second-order valence-electron chi connectivity index (χ2n) is 5.96. The molecule has 1 aromatic carbocycles. The van der Waals surface area contributed by atoms with Gasteiger partial charge in [-0.05, 0) is 81.7 Å². The van der Waals surface area contributed by atoms with Crippen LogP contribution in [-0.2, 0) is 0 Å². The highest BCUT2D eigenvalue weighted by Crippen LogP contribution is 2.31. The Morgan fingerprint density at radius 2 is 2.04 bits per heavy atom. The van der Waals surface area contributed by atoms with Gasteiger partial charge in [0.15, 0.2) is 0 Å². The number of hydrogen-bond donors (Lipinski definition) is 0. The SMILES string of the molecule is C=CCC(CCC(=C)/C(C)=C(/C)N=CC)c1cc(F)ccc1C. The molecular formula is C21H28FN. The van der Waals surface area contributed by atoms with E-state index in [0.717, 1.165) is 47.2 Å².